The zero-order valence-electron chi connectivity index (χ0n) is 11.2. The van der Waals surface area contributed by atoms with Crippen molar-refractivity contribution in [1.29, 1.82) is 0 Å². The molecule has 0 aliphatic rings. The molecule has 102 valence electrons. The normalized spacial score (nSPS) is 10.5. The number of methoxy groups -OCH3 is 3. The van der Waals surface area contributed by atoms with Crippen LogP contribution in [0.25, 0.3) is 11.3 Å². The molecule has 19 heavy (non-hydrogen) atoms. The van der Waals surface area contributed by atoms with Crippen LogP contribution in [-0.2, 0) is 11.3 Å². The van der Waals surface area contributed by atoms with Gasteiger partial charge in [-0.05, 0) is 12.1 Å². The van der Waals surface area contributed by atoms with Crippen LogP contribution in [0.1, 0.15) is 5.56 Å². The number of nitrogens with two attached hydrogens (primary N) is 1. The van der Waals surface area contributed by atoms with E-state index in [2.05, 4.69) is 10.2 Å². The van der Waals surface area contributed by atoms with E-state index in [9.17, 15) is 0 Å². The van der Waals surface area contributed by atoms with Gasteiger partial charge in [-0.1, -0.05) is 0 Å². The third-order valence-corrected chi connectivity index (χ3v) is 2.79. The first-order chi connectivity index (χ1) is 9.21. The van der Waals surface area contributed by atoms with Crippen molar-refractivity contribution < 1.29 is 14.2 Å². The molecular formula is C13H17N3O3. The van der Waals surface area contributed by atoms with Crippen molar-refractivity contribution in [1.82, 2.24) is 10.2 Å². The number of rotatable bonds is 5. The molecule has 1 aromatic heterocycles. The lowest BCUT2D eigenvalue weighted by Gasteiger charge is -2.15. The standard InChI is InChI=1S/C13H17N3O3/c1-17-7-8-4-5-10(18-2)12(13(8)19-3)9-6-11(14)16-15-9/h4-6H,7H2,1-3H3,(H3,14,15,16). The Morgan fingerprint density at radius 3 is 2.53 bits per heavy atom. The van der Waals surface area contributed by atoms with Gasteiger partial charge >= 0.3 is 0 Å². The molecule has 1 aromatic carbocycles. The molecule has 0 bridgehead atoms. The fraction of sp³-hybridized carbons (Fsp3) is 0.308. The molecule has 0 saturated carbocycles. The van der Waals surface area contributed by atoms with Gasteiger partial charge in [-0.15, -0.1) is 0 Å². The summed E-state index contributed by atoms with van der Waals surface area (Å²) < 4.78 is 16.0. The van der Waals surface area contributed by atoms with E-state index >= 15 is 0 Å². The first-order valence-electron chi connectivity index (χ1n) is 5.75. The quantitative estimate of drug-likeness (QED) is 0.859. The fourth-order valence-electron chi connectivity index (χ4n) is 2.00. The van der Waals surface area contributed by atoms with Gasteiger partial charge in [-0.25, -0.2) is 0 Å². The minimum absolute atomic E-state index is 0.413. The molecular weight excluding hydrogens is 246 g/mol. The van der Waals surface area contributed by atoms with E-state index in [0.29, 0.717) is 23.9 Å². The van der Waals surface area contributed by atoms with Gasteiger partial charge in [-0.2, -0.15) is 5.10 Å². The van der Waals surface area contributed by atoms with Gasteiger partial charge in [-0.3, -0.25) is 5.10 Å². The van der Waals surface area contributed by atoms with Crippen LogP contribution < -0.4 is 15.2 Å². The summed E-state index contributed by atoms with van der Waals surface area (Å²) in [5.41, 5.74) is 8.09. The van der Waals surface area contributed by atoms with Crippen LogP contribution in [0.2, 0.25) is 0 Å². The molecule has 0 aliphatic heterocycles. The van der Waals surface area contributed by atoms with Crippen molar-refractivity contribution in [2.45, 2.75) is 6.61 Å². The van der Waals surface area contributed by atoms with E-state index in [1.807, 2.05) is 12.1 Å². The maximum absolute atomic E-state index is 5.65. The molecule has 0 atom stereocenters. The van der Waals surface area contributed by atoms with Gasteiger partial charge in [0.1, 0.15) is 17.3 Å². The lowest BCUT2D eigenvalue weighted by atomic mass is 10.0. The van der Waals surface area contributed by atoms with E-state index in [0.717, 1.165) is 16.8 Å². The van der Waals surface area contributed by atoms with Gasteiger partial charge in [0.2, 0.25) is 0 Å². The highest BCUT2D eigenvalue weighted by molar-refractivity contribution is 5.77. The summed E-state index contributed by atoms with van der Waals surface area (Å²) in [5, 5.41) is 6.79. The number of nitrogens with one attached hydrogen (secondary N) is 1. The van der Waals surface area contributed by atoms with Crippen LogP contribution in [0, 0.1) is 0 Å². The van der Waals surface area contributed by atoms with Gasteiger partial charge < -0.3 is 19.9 Å². The Morgan fingerprint density at radius 1 is 1.21 bits per heavy atom. The van der Waals surface area contributed by atoms with E-state index in [1.54, 1.807) is 27.4 Å². The van der Waals surface area contributed by atoms with Crippen LogP contribution >= 0.6 is 0 Å². The van der Waals surface area contributed by atoms with E-state index < -0.39 is 0 Å². The number of hydrogen-bond acceptors (Lipinski definition) is 5. The third-order valence-electron chi connectivity index (χ3n) is 2.79. The van der Waals surface area contributed by atoms with Gasteiger partial charge in [0.25, 0.3) is 0 Å². The SMILES string of the molecule is COCc1ccc(OC)c(-c2cc(N)n[nH]2)c1OC. The minimum Gasteiger partial charge on any atom is -0.496 e. The van der Waals surface area contributed by atoms with Gasteiger partial charge in [0.05, 0.1) is 32.1 Å². The van der Waals surface area contributed by atoms with Crippen molar-refractivity contribution >= 4 is 5.82 Å². The fourth-order valence-corrected chi connectivity index (χ4v) is 2.00. The molecule has 3 N–H and O–H groups in total. The average Bonchev–Trinajstić information content (AvgIpc) is 2.84. The summed E-state index contributed by atoms with van der Waals surface area (Å²) in [7, 11) is 4.85. The van der Waals surface area contributed by atoms with E-state index in [4.69, 9.17) is 19.9 Å². The van der Waals surface area contributed by atoms with Crippen LogP contribution in [0.5, 0.6) is 11.5 Å². The lowest BCUT2D eigenvalue weighted by Crippen LogP contribution is -1.99. The molecule has 0 aliphatic carbocycles. The Kier molecular flexibility index (Phi) is 3.91. The molecule has 0 fully saturated rings. The molecule has 0 saturated heterocycles. The van der Waals surface area contributed by atoms with Crippen molar-refractivity contribution in [2.24, 2.45) is 0 Å². The molecule has 0 spiro atoms. The molecule has 1 heterocycles. The number of aromatic amines is 1. The van der Waals surface area contributed by atoms with Crippen LogP contribution in [0.15, 0.2) is 18.2 Å². The molecule has 6 heteroatoms. The highest BCUT2D eigenvalue weighted by Crippen LogP contribution is 2.40. The number of anilines is 1. The maximum atomic E-state index is 5.65. The second kappa shape index (κ2) is 5.62. The number of H-pyrrole nitrogens is 1. The Morgan fingerprint density at radius 2 is 2.00 bits per heavy atom. The van der Waals surface area contributed by atoms with Crippen LogP contribution in [0.4, 0.5) is 5.82 Å². The maximum Gasteiger partial charge on any atom is 0.145 e. The largest absolute Gasteiger partial charge is 0.496 e. The number of ether oxygens (including phenoxy) is 3. The van der Waals surface area contributed by atoms with Gasteiger partial charge in [0, 0.05) is 18.7 Å². The number of benzene rings is 1. The Hall–Kier alpha value is -2.21. The molecule has 6 nitrogen and oxygen atoms in total. The highest BCUT2D eigenvalue weighted by Gasteiger charge is 2.18. The van der Waals surface area contributed by atoms with Crippen LogP contribution in [0.3, 0.4) is 0 Å². The highest BCUT2D eigenvalue weighted by atomic mass is 16.5. The van der Waals surface area contributed by atoms with Crippen molar-refractivity contribution in [2.75, 3.05) is 27.1 Å². The lowest BCUT2D eigenvalue weighted by molar-refractivity contribution is 0.181. The predicted octanol–water partition coefficient (Wildman–Crippen LogP) is 1.82. The summed E-state index contributed by atoms with van der Waals surface area (Å²) in [4.78, 5) is 0. The van der Waals surface area contributed by atoms with Crippen molar-refractivity contribution in [3.63, 3.8) is 0 Å². The molecule has 0 amide bonds. The Labute approximate surface area is 111 Å². The summed E-state index contributed by atoms with van der Waals surface area (Å²) in [5.74, 6) is 1.78. The molecule has 2 rings (SSSR count). The predicted molar refractivity (Wildman–Crippen MR) is 72.3 cm³/mol. The molecule has 0 unspecified atom stereocenters. The first-order valence-corrected chi connectivity index (χ1v) is 5.75. The molecule has 0 radical (unpaired) electrons. The number of nitrogen functional groups attached to an aromatic ring is 1. The Balaban J connectivity index is 2.63. The average molecular weight is 263 g/mol. The topological polar surface area (TPSA) is 82.4 Å². The van der Waals surface area contributed by atoms with Crippen molar-refractivity contribution in [3.8, 4) is 22.8 Å². The summed E-state index contributed by atoms with van der Waals surface area (Å²) in [6.45, 7) is 0.448. The van der Waals surface area contributed by atoms with Gasteiger partial charge in [0.15, 0.2) is 0 Å². The number of aromatic nitrogens is 2. The zero-order chi connectivity index (χ0) is 13.8. The van der Waals surface area contributed by atoms with Crippen molar-refractivity contribution in [3.05, 3.63) is 23.8 Å². The van der Waals surface area contributed by atoms with E-state index in [1.165, 1.54) is 0 Å². The van der Waals surface area contributed by atoms with Crippen LogP contribution in [-0.4, -0.2) is 31.5 Å². The second-order valence-corrected chi connectivity index (χ2v) is 3.97. The summed E-state index contributed by atoms with van der Waals surface area (Å²) >= 11 is 0. The monoisotopic (exact) mass is 263 g/mol. The smallest absolute Gasteiger partial charge is 0.145 e. The second-order valence-electron chi connectivity index (χ2n) is 3.97. The molecule has 2 aromatic rings. The number of hydrogen-bond donors (Lipinski definition) is 2. The third kappa shape index (κ3) is 2.48. The first kappa shape index (κ1) is 13.2. The minimum atomic E-state index is 0.413. The number of nitrogens with zero attached hydrogens (tertiary/aromatic N) is 1. The summed E-state index contributed by atoms with van der Waals surface area (Å²) in [6, 6.07) is 5.50. The summed E-state index contributed by atoms with van der Waals surface area (Å²) in [6.07, 6.45) is 0. The zero-order valence-corrected chi connectivity index (χ0v) is 11.2. The van der Waals surface area contributed by atoms with E-state index in [-0.39, 0.29) is 0 Å². The Bertz CT molecular complexity index is 566.